The van der Waals surface area contributed by atoms with Gasteiger partial charge in [0, 0.05) is 6.92 Å². The van der Waals surface area contributed by atoms with Gasteiger partial charge in [-0.1, -0.05) is 12.1 Å². The van der Waals surface area contributed by atoms with Crippen LogP contribution in [0.25, 0.3) is 0 Å². The van der Waals surface area contributed by atoms with Crippen molar-refractivity contribution in [3.8, 4) is 5.75 Å². The maximum absolute atomic E-state index is 13.0. The van der Waals surface area contributed by atoms with E-state index in [1.54, 1.807) is 0 Å². The molecule has 0 aromatic heterocycles. The number of hydrogen-bond acceptors (Lipinski definition) is 3. The average molecular weight is 312 g/mol. The summed E-state index contributed by atoms with van der Waals surface area (Å²) >= 11 is 0. The van der Waals surface area contributed by atoms with E-state index in [1.807, 2.05) is 0 Å². The molecule has 1 unspecified atom stereocenters. The van der Waals surface area contributed by atoms with Gasteiger partial charge in [0.25, 0.3) is 0 Å². The Morgan fingerprint density at radius 2 is 1.62 bits per heavy atom. The topological polar surface area (TPSA) is 46.5 Å². The second-order valence-electron chi connectivity index (χ2n) is 4.77. The van der Waals surface area contributed by atoms with Gasteiger partial charge in [0.1, 0.15) is 5.75 Å². The lowest BCUT2D eigenvalue weighted by Gasteiger charge is -2.30. The van der Waals surface area contributed by atoms with Crippen LogP contribution >= 0.6 is 0 Å². The van der Waals surface area contributed by atoms with Crippen molar-refractivity contribution in [2.75, 3.05) is 0 Å². The number of rotatable bonds is 4. The molecule has 0 radical (unpaired) electrons. The first-order valence-corrected chi connectivity index (χ1v) is 5.81. The van der Waals surface area contributed by atoms with Crippen molar-refractivity contribution in [2.24, 2.45) is 0 Å². The predicted molar refractivity (Wildman–Crippen MR) is 62.9 cm³/mol. The number of esters is 1. The zero-order valence-corrected chi connectivity index (χ0v) is 11.2. The average Bonchev–Trinajstić information content (AvgIpc) is 2.25. The monoisotopic (exact) mass is 312 g/mol. The summed E-state index contributed by atoms with van der Waals surface area (Å²) in [4.78, 5) is 10.7. The Kier molecular flexibility index (Phi) is 4.62. The summed E-state index contributed by atoms with van der Waals surface area (Å²) in [5.74, 6) is -5.55. The molecule has 0 saturated carbocycles. The van der Waals surface area contributed by atoms with Crippen LogP contribution < -0.4 is 4.74 Å². The zero-order valence-electron chi connectivity index (χ0n) is 11.2. The lowest BCUT2D eigenvalue weighted by molar-refractivity contribution is -0.296. The molecule has 0 aliphatic heterocycles. The van der Waals surface area contributed by atoms with Crippen LogP contribution in [0.5, 0.6) is 5.75 Å². The van der Waals surface area contributed by atoms with Crippen molar-refractivity contribution in [1.29, 1.82) is 0 Å². The highest BCUT2D eigenvalue weighted by Gasteiger charge is 2.59. The van der Waals surface area contributed by atoms with Crippen molar-refractivity contribution in [3.05, 3.63) is 29.8 Å². The Bertz CT molecular complexity index is 506. The van der Waals surface area contributed by atoms with E-state index in [1.165, 1.54) is 12.1 Å². The van der Waals surface area contributed by atoms with Crippen LogP contribution in [0.15, 0.2) is 24.3 Å². The summed E-state index contributed by atoms with van der Waals surface area (Å²) in [6, 6.07) is 4.61. The molecular formula is C13H13F5O3. The number of carbonyl (C=O) groups is 1. The molecule has 8 heteroatoms. The number of benzene rings is 1. The molecule has 0 saturated heterocycles. The van der Waals surface area contributed by atoms with Gasteiger partial charge in [-0.15, -0.1) is 0 Å². The minimum atomic E-state index is -5.74. The Morgan fingerprint density at radius 1 is 1.14 bits per heavy atom. The van der Waals surface area contributed by atoms with Crippen molar-refractivity contribution in [3.63, 3.8) is 0 Å². The zero-order chi connectivity index (χ0) is 16.5. The molecule has 21 heavy (non-hydrogen) atoms. The second-order valence-corrected chi connectivity index (χ2v) is 4.77. The molecule has 0 heterocycles. The molecule has 1 atom stereocenters. The third-order valence-electron chi connectivity index (χ3n) is 2.72. The number of ether oxygens (including phenoxy) is 1. The van der Waals surface area contributed by atoms with Crippen molar-refractivity contribution >= 4 is 5.97 Å². The van der Waals surface area contributed by atoms with Gasteiger partial charge in [0.15, 0.2) is 0 Å². The van der Waals surface area contributed by atoms with E-state index >= 15 is 0 Å². The summed E-state index contributed by atoms with van der Waals surface area (Å²) in [7, 11) is 0. The van der Waals surface area contributed by atoms with E-state index in [2.05, 4.69) is 4.74 Å². The fourth-order valence-electron chi connectivity index (χ4n) is 1.68. The summed E-state index contributed by atoms with van der Waals surface area (Å²) in [6.45, 7) is 2.00. The van der Waals surface area contributed by atoms with Crippen LogP contribution in [-0.2, 0) is 10.4 Å². The highest BCUT2D eigenvalue weighted by Crippen LogP contribution is 2.43. The lowest BCUT2D eigenvalue weighted by Crippen LogP contribution is -2.42. The number of aliphatic hydroxyl groups is 1. The van der Waals surface area contributed by atoms with Crippen molar-refractivity contribution < 1.29 is 36.6 Å². The van der Waals surface area contributed by atoms with Gasteiger partial charge in [0.05, 0.1) is 12.0 Å². The molecule has 0 bridgehead atoms. The van der Waals surface area contributed by atoms with Gasteiger partial charge in [-0.2, -0.15) is 22.0 Å². The summed E-state index contributed by atoms with van der Waals surface area (Å²) in [5.41, 5.74) is -2.55. The van der Waals surface area contributed by atoms with E-state index < -0.39 is 30.1 Å². The highest BCUT2D eigenvalue weighted by molar-refractivity contribution is 5.69. The molecule has 0 aliphatic carbocycles. The molecular weight excluding hydrogens is 299 g/mol. The van der Waals surface area contributed by atoms with Crippen molar-refractivity contribution in [1.82, 2.24) is 0 Å². The van der Waals surface area contributed by atoms with Crippen LogP contribution in [0.2, 0.25) is 0 Å². The smallest absolute Gasteiger partial charge is 0.427 e. The molecule has 0 spiro atoms. The van der Waals surface area contributed by atoms with Crippen LogP contribution in [0.1, 0.15) is 25.8 Å². The molecule has 118 valence electrons. The fourth-order valence-corrected chi connectivity index (χ4v) is 1.68. The standard InChI is InChI=1S/C13H13F5O3/c1-8(19)21-10-5-3-9(4-6-10)11(2,20)7-12(14,15)13(16,17)18/h3-6,20H,7H2,1-2H3. The van der Waals surface area contributed by atoms with Gasteiger partial charge in [0.2, 0.25) is 0 Å². The maximum Gasteiger partial charge on any atom is 0.453 e. The molecule has 1 N–H and O–H groups in total. The van der Waals surface area contributed by atoms with Gasteiger partial charge < -0.3 is 9.84 Å². The Labute approximate surface area is 117 Å². The maximum atomic E-state index is 13.0. The molecule has 3 nitrogen and oxygen atoms in total. The Hall–Kier alpha value is -1.70. The number of halogens is 5. The summed E-state index contributed by atoms with van der Waals surface area (Å²) in [5, 5.41) is 9.87. The SMILES string of the molecule is CC(=O)Oc1ccc(C(C)(O)CC(F)(F)C(F)(F)F)cc1. The molecule has 1 aromatic rings. The Balaban J connectivity index is 2.95. The van der Waals surface area contributed by atoms with Crippen LogP contribution in [0.4, 0.5) is 22.0 Å². The minimum Gasteiger partial charge on any atom is -0.427 e. The summed E-state index contributed by atoms with van der Waals surface area (Å²) < 4.78 is 67.2. The van der Waals surface area contributed by atoms with E-state index in [9.17, 15) is 31.9 Å². The van der Waals surface area contributed by atoms with Crippen LogP contribution in [0, 0.1) is 0 Å². The first-order valence-electron chi connectivity index (χ1n) is 5.81. The van der Waals surface area contributed by atoms with Gasteiger partial charge in [-0.05, 0) is 24.6 Å². The van der Waals surface area contributed by atoms with E-state index in [4.69, 9.17) is 0 Å². The number of hydrogen-bond donors (Lipinski definition) is 1. The minimum absolute atomic E-state index is 0.0876. The van der Waals surface area contributed by atoms with Gasteiger partial charge >= 0.3 is 18.1 Å². The molecule has 0 amide bonds. The third kappa shape index (κ3) is 4.38. The van der Waals surface area contributed by atoms with E-state index in [-0.39, 0.29) is 11.3 Å². The lowest BCUT2D eigenvalue weighted by atomic mass is 9.89. The van der Waals surface area contributed by atoms with E-state index in [0.29, 0.717) is 0 Å². The highest BCUT2D eigenvalue weighted by atomic mass is 19.4. The Morgan fingerprint density at radius 3 is 2.00 bits per heavy atom. The second kappa shape index (κ2) is 5.59. The molecule has 0 fully saturated rings. The number of alkyl halides is 5. The van der Waals surface area contributed by atoms with Gasteiger partial charge in [-0.3, -0.25) is 4.79 Å². The first kappa shape index (κ1) is 17.4. The first-order chi connectivity index (χ1) is 9.35. The molecule has 1 aromatic carbocycles. The fraction of sp³-hybridized carbons (Fsp3) is 0.462. The van der Waals surface area contributed by atoms with Crippen LogP contribution in [-0.4, -0.2) is 23.2 Å². The van der Waals surface area contributed by atoms with E-state index in [0.717, 1.165) is 26.0 Å². The number of carbonyl (C=O) groups excluding carboxylic acids is 1. The molecule has 0 aliphatic rings. The quantitative estimate of drug-likeness (QED) is 0.526. The van der Waals surface area contributed by atoms with Crippen LogP contribution in [0.3, 0.4) is 0 Å². The molecule has 1 rings (SSSR count). The normalized spacial score (nSPS) is 15.4. The largest absolute Gasteiger partial charge is 0.453 e. The predicted octanol–water partition coefficient (Wildman–Crippen LogP) is 3.41. The van der Waals surface area contributed by atoms with Crippen molar-refractivity contribution in [2.45, 2.75) is 38.0 Å². The third-order valence-corrected chi connectivity index (χ3v) is 2.72. The van der Waals surface area contributed by atoms with Gasteiger partial charge in [-0.25, -0.2) is 0 Å². The summed E-state index contributed by atoms with van der Waals surface area (Å²) in [6.07, 6.45) is -7.55.